The zero-order valence-corrected chi connectivity index (χ0v) is 9.98. The Morgan fingerprint density at radius 1 is 1.39 bits per heavy atom. The van der Waals surface area contributed by atoms with Crippen LogP contribution in [0.15, 0.2) is 18.2 Å². The molecule has 0 saturated heterocycles. The summed E-state index contributed by atoms with van der Waals surface area (Å²) in [7, 11) is 0. The number of carboxylic acid groups (broad SMARTS) is 1. The number of hydrogen-bond donors (Lipinski definition) is 4. The van der Waals surface area contributed by atoms with Crippen molar-refractivity contribution in [3.05, 3.63) is 29.6 Å². The molecule has 0 atom stereocenters. The van der Waals surface area contributed by atoms with Crippen LogP contribution >= 0.6 is 0 Å². The molecule has 1 rings (SSSR count). The summed E-state index contributed by atoms with van der Waals surface area (Å²) in [5.74, 6) is -2.21. The smallest absolute Gasteiger partial charge is 0.338 e. The number of aromatic carboxylic acids is 1. The lowest BCUT2D eigenvalue weighted by Gasteiger charge is -2.31. The van der Waals surface area contributed by atoms with E-state index in [0.29, 0.717) is 12.1 Å². The highest BCUT2D eigenvalue weighted by Gasteiger charge is 2.26. The lowest BCUT2D eigenvalue weighted by atomic mass is 9.98. The quantitative estimate of drug-likeness (QED) is 0.612. The van der Waals surface area contributed by atoms with E-state index in [4.69, 9.17) is 5.11 Å². The standard InChI is InChI=1S/C12H16FNO4/c1-2-12(6-15,7-16)14-8-3-4-9(11(17)18)10(13)5-8/h3-5,14-16H,2,6-7H2,1H3,(H,17,18). The summed E-state index contributed by atoms with van der Waals surface area (Å²) in [5, 5.41) is 30.0. The van der Waals surface area contributed by atoms with Gasteiger partial charge in [-0.1, -0.05) is 6.92 Å². The van der Waals surface area contributed by atoms with Crippen LogP contribution in [0.2, 0.25) is 0 Å². The molecule has 1 aromatic carbocycles. The van der Waals surface area contributed by atoms with Gasteiger partial charge in [-0.2, -0.15) is 0 Å². The number of halogens is 1. The van der Waals surface area contributed by atoms with Crippen molar-refractivity contribution in [3.63, 3.8) is 0 Å². The van der Waals surface area contributed by atoms with E-state index in [1.807, 2.05) is 0 Å². The summed E-state index contributed by atoms with van der Waals surface area (Å²) >= 11 is 0. The maximum Gasteiger partial charge on any atom is 0.338 e. The predicted octanol–water partition coefficient (Wildman–Crippen LogP) is 1.07. The van der Waals surface area contributed by atoms with Crippen LogP contribution in [0, 0.1) is 5.82 Å². The van der Waals surface area contributed by atoms with E-state index in [1.165, 1.54) is 6.07 Å². The summed E-state index contributed by atoms with van der Waals surface area (Å²) < 4.78 is 13.4. The van der Waals surface area contributed by atoms with Gasteiger partial charge in [0.25, 0.3) is 0 Å². The second kappa shape index (κ2) is 5.79. The van der Waals surface area contributed by atoms with Crippen LogP contribution in [0.4, 0.5) is 10.1 Å². The van der Waals surface area contributed by atoms with Crippen molar-refractivity contribution in [3.8, 4) is 0 Å². The summed E-state index contributed by atoms with van der Waals surface area (Å²) in [6, 6.07) is 3.55. The van der Waals surface area contributed by atoms with Crippen molar-refractivity contribution in [1.82, 2.24) is 0 Å². The van der Waals surface area contributed by atoms with Gasteiger partial charge in [0.1, 0.15) is 5.82 Å². The van der Waals surface area contributed by atoms with Gasteiger partial charge in [-0.25, -0.2) is 9.18 Å². The number of benzene rings is 1. The number of hydrogen-bond acceptors (Lipinski definition) is 4. The molecule has 0 fully saturated rings. The summed E-state index contributed by atoms with van der Waals surface area (Å²) in [4.78, 5) is 10.6. The SMILES string of the molecule is CCC(CO)(CO)Nc1ccc(C(=O)O)c(F)c1. The van der Waals surface area contributed by atoms with E-state index in [9.17, 15) is 19.4 Å². The zero-order valence-electron chi connectivity index (χ0n) is 9.98. The van der Waals surface area contributed by atoms with E-state index < -0.39 is 22.9 Å². The van der Waals surface area contributed by atoms with Gasteiger partial charge in [-0.15, -0.1) is 0 Å². The van der Waals surface area contributed by atoms with E-state index in [2.05, 4.69) is 5.32 Å². The van der Waals surface area contributed by atoms with Crippen LogP contribution in [0.25, 0.3) is 0 Å². The van der Waals surface area contributed by atoms with Crippen molar-refractivity contribution in [1.29, 1.82) is 0 Å². The number of aliphatic hydroxyl groups is 2. The number of carboxylic acids is 1. The van der Waals surface area contributed by atoms with Crippen molar-refractivity contribution in [2.24, 2.45) is 0 Å². The lowest BCUT2D eigenvalue weighted by Crippen LogP contribution is -2.45. The van der Waals surface area contributed by atoms with Crippen molar-refractivity contribution in [2.45, 2.75) is 18.9 Å². The van der Waals surface area contributed by atoms with Gasteiger partial charge in [0.05, 0.1) is 24.3 Å². The Morgan fingerprint density at radius 2 is 2.00 bits per heavy atom. The molecule has 4 N–H and O–H groups in total. The molecule has 0 heterocycles. The Balaban J connectivity index is 2.98. The molecule has 0 spiro atoms. The fourth-order valence-corrected chi connectivity index (χ4v) is 1.51. The predicted molar refractivity (Wildman–Crippen MR) is 64.2 cm³/mol. The molecule has 0 aliphatic heterocycles. The number of carbonyl (C=O) groups is 1. The first-order valence-electron chi connectivity index (χ1n) is 5.50. The van der Waals surface area contributed by atoms with E-state index in [1.54, 1.807) is 6.92 Å². The summed E-state index contributed by atoms with van der Waals surface area (Å²) in [6.07, 6.45) is 0.433. The van der Waals surface area contributed by atoms with Gasteiger partial charge in [0, 0.05) is 5.69 Å². The molecule has 0 amide bonds. The summed E-state index contributed by atoms with van der Waals surface area (Å²) in [5.41, 5.74) is -1.06. The maximum atomic E-state index is 13.4. The maximum absolute atomic E-state index is 13.4. The molecular weight excluding hydrogens is 241 g/mol. The molecule has 100 valence electrons. The van der Waals surface area contributed by atoms with Crippen molar-refractivity contribution >= 4 is 11.7 Å². The molecule has 0 radical (unpaired) electrons. The third-order valence-electron chi connectivity index (χ3n) is 2.89. The third-order valence-corrected chi connectivity index (χ3v) is 2.89. The van der Waals surface area contributed by atoms with Crippen LogP contribution in [0.3, 0.4) is 0 Å². The molecular formula is C12H16FNO4. The first-order valence-corrected chi connectivity index (χ1v) is 5.50. The minimum Gasteiger partial charge on any atom is -0.478 e. The van der Waals surface area contributed by atoms with Crippen LogP contribution in [-0.4, -0.2) is 40.0 Å². The molecule has 0 bridgehead atoms. The van der Waals surface area contributed by atoms with Gasteiger partial charge in [-0.3, -0.25) is 0 Å². The van der Waals surface area contributed by atoms with E-state index in [-0.39, 0.29) is 13.2 Å². The second-order valence-electron chi connectivity index (χ2n) is 4.07. The van der Waals surface area contributed by atoms with Crippen LogP contribution in [0.1, 0.15) is 23.7 Å². The molecule has 0 unspecified atom stereocenters. The Kier molecular flexibility index (Phi) is 4.63. The highest BCUT2D eigenvalue weighted by atomic mass is 19.1. The van der Waals surface area contributed by atoms with E-state index in [0.717, 1.165) is 12.1 Å². The number of aliphatic hydroxyl groups excluding tert-OH is 2. The minimum absolute atomic E-state index is 0.308. The fourth-order valence-electron chi connectivity index (χ4n) is 1.51. The number of anilines is 1. The topological polar surface area (TPSA) is 89.8 Å². The minimum atomic E-state index is -1.34. The third kappa shape index (κ3) is 2.96. The first kappa shape index (κ1) is 14.4. The second-order valence-corrected chi connectivity index (χ2v) is 4.07. The van der Waals surface area contributed by atoms with Crippen molar-refractivity contribution in [2.75, 3.05) is 18.5 Å². The lowest BCUT2D eigenvalue weighted by molar-refractivity contribution is 0.0692. The Hall–Kier alpha value is -1.66. The average Bonchev–Trinajstić information content (AvgIpc) is 2.36. The average molecular weight is 257 g/mol. The Bertz CT molecular complexity index is 424. The van der Waals surface area contributed by atoms with Gasteiger partial charge < -0.3 is 20.6 Å². The van der Waals surface area contributed by atoms with Gasteiger partial charge in [0.2, 0.25) is 0 Å². The zero-order chi connectivity index (χ0) is 13.8. The van der Waals surface area contributed by atoms with Crippen LogP contribution < -0.4 is 5.32 Å². The number of nitrogens with one attached hydrogen (secondary N) is 1. The molecule has 1 aromatic rings. The molecule has 0 aliphatic rings. The fraction of sp³-hybridized carbons (Fsp3) is 0.417. The normalized spacial score (nSPS) is 11.3. The first-order chi connectivity index (χ1) is 8.48. The summed E-state index contributed by atoms with van der Waals surface area (Å²) in [6.45, 7) is 1.13. The highest BCUT2D eigenvalue weighted by molar-refractivity contribution is 5.88. The highest BCUT2D eigenvalue weighted by Crippen LogP contribution is 2.21. The molecule has 0 saturated carbocycles. The van der Waals surface area contributed by atoms with Gasteiger partial charge in [0.15, 0.2) is 0 Å². The van der Waals surface area contributed by atoms with Gasteiger partial charge >= 0.3 is 5.97 Å². The number of rotatable bonds is 6. The molecule has 18 heavy (non-hydrogen) atoms. The largest absolute Gasteiger partial charge is 0.478 e. The van der Waals surface area contributed by atoms with Crippen molar-refractivity contribution < 1.29 is 24.5 Å². The van der Waals surface area contributed by atoms with Crippen LogP contribution in [0.5, 0.6) is 0 Å². The molecule has 0 aromatic heterocycles. The monoisotopic (exact) mass is 257 g/mol. The Labute approximate surface area is 104 Å². The molecule has 5 nitrogen and oxygen atoms in total. The Morgan fingerprint density at radius 3 is 2.39 bits per heavy atom. The van der Waals surface area contributed by atoms with Crippen LogP contribution in [-0.2, 0) is 0 Å². The van der Waals surface area contributed by atoms with Gasteiger partial charge in [-0.05, 0) is 24.6 Å². The van der Waals surface area contributed by atoms with E-state index >= 15 is 0 Å². The molecule has 6 heteroatoms. The molecule has 0 aliphatic carbocycles.